The van der Waals surface area contributed by atoms with E-state index in [0.717, 1.165) is 19.6 Å². The average Bonchev–Trinajstić information content (AvgIpc) is 2.23. The normalized spacial score (nSPS) is 25.8. The van der Waals surface area contributed by atoms with Gasteiger partial charge in [0.05, 0.1) is 7.11 Å². The van der Waals surface area contributed by atoms with Crippen molar-refractivity contribution in [3.8, 4) is 0 Å². The van der Waals surface area contributed by atoms with E-state index in [1.165, 1.54) is 18.5 Å². The molecule has 4 heteroatoms. The molecular formula is C10H16N2O2. The summed E-state index contributed by atoms with van der Waals surface area (Å²) in [7, 11) is 1.45. The van der Waals surface area contributed by atoms with Crippen LogP contribution in [0.2, 0.25) is 0 Å². The van der Waals surface area contributed by atoms with Crippen LogP contribution < -0.4 is 0 Å². The molecular weight excluding hydrogens is 180 g/mol. The average molecular weight is 196 g/mol. The number of carbonyl (C=O) groups excluding carboxylic acids is 1. The smallest absolute Gasteiger partial charge is 0.330 e. The predicted octanol–water partition coefficient (Wildman–Crippen LogP) is 0.411. The van der Waals surface area contributed by atoms with Crippen LogP contribution in [0.5, 0.6) is 0 Å². The molecule has 1 unspecified atom stereocenters. The largest absolute Gasteiger partial charge is 0.467 e. The summed E-state index contributed by atoms with van der Waals surface area (Å²) in [4.78, 5) is 15.9. The van der Waals surface area contributed by atoms with E-state index in [1.54, 1.807) is 0 Å². The number of ether oxygens (including phenoxy) is 1. The molecule has 0 saturated carbocycles. The number of fused-ring (bicyclic) bond motifs is 2. The SMILES string of the molecule is COC(=O)C1CN2CCN1C(C)=C2C. The van der Waals surface area contributed by atoms with Gasteiger partial charge in [-0.3, -0.25) is 0 Å². The molecule has 3 rings (SSSR count). The van der Waals surface area contributed by atoms with Gasteiger partial charge < -0.3 is 14.5 Å². The molecule has 0 amide bonds. The number of allylic oxidation sites excluding steroid dienone is 2. The molecule has 1 fully saturated rings. The number of piperazine rings is 1. The van der Waals surface area contributed by atoms with Crippen LogP contribution in [0.4, 0.5) is 0 Å². The van der Waals surface area contributed by atoms with Crippen molar-refractivity contribution in [2.75, 3.05) is 26.7 Å². The summed E-state index contributed by atoms with van der Waals surface area (Å²) in [6.45, 7) is 6.90. The highest BCUT2D eigenvalue weighted by Crippen LogP contribution is 2.28. The Morgan fingerprint density at radius 3 is 2.64 bits per heavy atom. The first-order valence-corrected chi connectivity index (χ1v) is 4.92. The Bertz CT molecular complexity index is 298. The maximum atomic E-state index is 11.5. The lowest BCUT2D eigenvalue weighted by Crippen LogP contribution is -2.59. The van der Waals surface area contributed by atoms with Crippen LogP contribution in [-0.4, -0.2) is 48.6 Å². The second kappa shape index (κ2) is 3.19. The molecule has 2 bridgehead atoms. The maximum absolute atomic E-state index is 11.5. The Balaban J connectivity index is 2.26. The highest BCUT2D eigenvalue weighted by molar-refractivity contribution is 5.76. The van der Waals surface area contributed by atoms with Gasteiger partial charge in [0.1, 0.15) is 6.04 Å². The molecule has 78 valence electrons. The van der Waals surface area contributed by atoms with Crippen LogP contribution in [0.25, 0.3) is 0 Å². The first-order valence-electron chi connectivity index (χ1n) is 4.92. The summed E-state index contributed by atoms with van der Waals surface area (Å²) >= 11 is 0. The van der Waals surface area contributed by atoms with Gasteiger partial charge in [-0.25, -0.2) is 4.79 Å². The predicted molar refractivity (Wildman–Crippen MR) is 52.5 cm³/mol. The zero-order chi connectivity index (χ0) is 10.3. The fourth-order valence-electron chi connectivity index (χ4n) is 2.26. The van der Waals surface area contributed by atoms with E-state index in [-0.39, 0.29) is 12.0 Å². The lowest BCUT2D eigenvalue weighted by Gasteiger charge is -2.49. The first kappa shape index (κ1) is 9.37. The van der Waals surface area contributed by atoms with Gasteiger partial charge in [-0.2, -0.15) is 0 Å². The monoisotopic (exact) mass is 196 g/mol. The molecule has 4 nitrogen and oxygen atoms in total. The third-order valence-electron chi connectivity index (χ3n) is 3.28. The standard InChI is InChI=1S/C10H16N2O2/c1-7-8(2)12-5-4-11(7)6-9(12)10(13)14-3/h9H,4-6H2,1-3H3. The first-order chi connectivity index (χ1) is 6.65. The minimum absolute atomic E-state index is 0.0996. The number of rotatable bonds is 1. The molecule has 3 aliphatic rings. The fourth-order valence-corrected chi connectivity index (χ4v) is 2.26. The van der Waals surface area contributed by atoms with E-state index in [2.05, 4.69) is 23.6 Å². The third kappa shape index (κ3) is 1.17. The van der Waals surface area contributed by atoms with Gasteiger partial charge in [0.2, 0.25) is 0 Å². The van der Waals surface area contributed by atoms with Crippen molar-refractivity contribution in [1.29, 1.82) is 0 Å². The summed E-state index contributed by atoms with van der Waals surface area (Å²) in [6.07, 6.45) is 0. The minimum Gasteiger partial charge on any atom is -0.467 e. The molecule has 3 aliphatic heterocycles. The molecule has 14 heavy (non-hydrogen) atoms. The maximum Gasteiger partial charge on any atom is 0.330 e. The highest BCUT2D eigenvalue weighted by Gasteiger charge is 2.38. The Hall–Kier alpha value is -1.19. The zero-order valence-corrected chi connectivity index (χ0v) is 8.91. The van der Waals surface area contributed by atoms with Gasteiger partial charge in [0, 0.05) is 31.0 Å². The van der Waals surface area contributed by atoms with Crippen LogP contribution in [0.1, 0.15) is 13.8 Å². The quantitative estimate of drug-likeness (QED) is 0.569. The van der Waals surface area contributed by atoms with Crippen molar-refractivity contribution in [2.24, 2.45) is 0 Å². The van der Waals surface area contributed by atoms with Crippen LogP contribution in [0.3, 0.4) is 0 Å². The highest BCUT2D eigenvalue weighted by atomic mass is 16.5. The van der Waals surface area contributed by atoms with E-state index < -0.39 is 0 Å². The zero-order valence-electron chi connectivity index (χ0n) is 8.91. The van der Waals surface area contributed by atoms with Crippen molar-refractivity contribution in [1.82, 2.24) is 9.80 Å². The molecule has 0 radical (unpaired) electrons. The van der Waals surface area contributed by atoms with Crippen LogP contribution in [-0.2, 0) is 9.53 Å². The van der Waals surface area contributed by atoms with E-state index in [0.29, 0.717) is 0 Å². The molecule has 1 atom stereocenters. The summed E-state index contributed by atoms with van der Waals surface area (Å²) in [5.74, 6) is -0.124. The van der Waals surface area contributed by atoms with Crippen molar-refractivity contribution in [3.63, 3.8) is 0 Å². The minimum atomic E-state index is -0.124. The number of carbonyl (C=O) groups is 1. The molecule has 1 saturated heterocycles. The number of nitrogens with zero attached hydrogens (tertiary/aromatic N) is 2. The fraction of sp³-hybridized carbons (Fsp3) is 0.700. The van der Waals surface area contributed by atoms with E-state index >= 15 is 0 Å². The summed E-state index contributed by atoms with van der Waals surface area (Å²) in [5.41, 5.74) is 2.49. The molecule has 0 N–H and O–H groups in total. The topological polar surface area (TPSA) is 32.8 Å². The van der Waals surface area contributed by atoms with Gasteiger partial charge in [-0.15, -0.1) is 0 Å². The molecule has 3 heterocycles. The van der Waals surface area contributed by atoms with Gasteiger partial charge in [-0.05, 0) is 13.8 Å². The van der Waals surface area contributed by atoms with Crippen molar-refractivity contribution < 1.29 is 9.53 Å². The second-order valence-corrected chi connectivity index (χ2v) is 3.85. The van der Waals surface area contributed by atoms with Crippen LogP contribution in [0, 0.1) is 0 Å². The number of esters is 1. The number of hydrogen-bond acceptors (Lipinski definition) is 4. The van der Waals surface area contributed by atoms with E-state index in [1.807, 2.05) is 0 Å². The Labute approximate surface area is 84.1 Å². The Morgan fingerprint density at radius 2 is 2.07 bits per heavy atom. The number of hydrogen-bond donors (Lipinski definition) is 0. The molecule has 0 spiro atoms. The Kier molecular flexibility index (Phi) is 2.13. The molecule has 0 aromatic carbocycles. The molecule has 0 aromatic rings. The van der Waals surface area contributed by atoms with Crippen molar-refractivity contribution in [3.05, 3.63) is 11.4 Å². The molecule has 0 aromatic heterocycles. The Morgan fingerprint density at radius 1 is 1.36 bits per heavy atom. The van der Waals surface area contributed by atoms with E-state index in [4.69, 9.17) is 4.74 Å². The molecule has 0 aliphatic carbocycles. The lowest BCUT2D eigenvalue weighted by atomic mass is 10.0. The summed E-state index contributed by atoms with van der Waals surface area (Å²) in [6, 6.07) is -0.0996. The van der Waals surface area contributed by atoms with Gasteiger partial charge in [0.25, 0.3) is 0 Å². The van der Waals surface area contributed by atoms with Gasteiger partial charge in [0.15, 0.2) is 0 Å². The number of methoxy groups -OCH3 is 1. The van der Waals surface area contributed by atoms with Crippen molar-refractivity contribution >= 4 is 5.97 Å². The lowest BCUT2D eigenvalue weighted by molar-refractivity contribution is -0.149. The third-order valence-corrected chi connectivity index (χ3v) is 3.28. The van der Waals surface area contributed by atoms with Crippen LogP contribution >= 0.6 is 0 Å². The summed E-state index contributed by atoms with van der Waals surface area (Å²) < 4.78 is 4.80. The van der Waals surface area contributed by atoms with E-state index in [9.17, 15) is 4.79 Å². The second-order valence-electron chi connectivity index (χ2n) is 3.85. The van der Waals surface area contributed by atoms with Crippen LogP contribution in [0.15, 0.2) is 11.4 Å². The van der Waals surface area contributed by atoms with Crippen molar-refractivity contribution in [2.45, 2.75) is 19.9 Å². The van der Waals surface area contributed by atoms with Gasteiger partial charge in [-0.1, -0.05) is 0 Å². The van der Waals surface area contributed by atoms with Gasteiger partial charge >= 0.3 is 5.97 Å². The summed E-state index contributed by atoms with van der Waals surface area (Å²) in [5, 5.41) is 0.